The fourth-order valence-electron chi connectivity index (χ4n) is 4.38. The maximum Gasteiger partial charge on any atom is 0.255 e. The number of nitrogens with one attached hydrogen (secondary N) is 2. The van der Waals surface area contributed by atoms with Crippen LogP contribution in [0.4, 0.5) is 17.3 Å². The second kappa shape index (κ2) is 11.7. The molecule has 0 unspecified atom stereocenters. The summed E-state index contributed by atoms with van der Waals surface area (Å²) in [5.74, 6) is 0.325. The maximum atomic E-state index is 12.9. The minimum Gasteiger partial charge on any atom is -0.324 e. The van der Waals surface area contributed by atoms with Gasteiger partial charge in [0.05, 0.1) is 5.69 Å². The van der Waals surface area contributed by atoms with Gasteiger partial charge in [-0.15, -0.1) is 0 Å². The molecule has 0 bridgehead atoms. The molecule has 37 heavy (non-hydrogen) atoms. The SMILES string of the molecule is CN1CCCN(Cc2ccc(C(=O)Nc3cccc(Nc4nccc(-c5cccnc5)n4)c3)cc2)CC1. The fraction of sp³-hybridized carbons (Fsp3) is 0.241. The Labute approximate surface area is 217 Å². The number of hydrogen-bond donors (Lipinski definition) is 2. The lowest BCUT2D eigenvalue weighted by Crippen LogP contribution is -2.28. The zero-order valence-corrected chi connectivity index (χ0v) is 21.0. The number of anilines is 3. The largest absolute Gasteiger partial charge is 0.324 e. The minimum absolute atomic E-state index is 0.144. The van der Waals surface area contributed by atoms with Crippen LogP contribution in [0.3, 0.4) is 0 Å². The van der Waals surface area contributed by atoms with E-state index in [1.165, 1.54) is 12.0 Å². The standard InChI is InChI=1S/C29H31N7O/c1-35-15-4-16-36(18-17-35)21-22-8-10-23(11-9-22)28(37)32-25-6-2-7-26(19-25)33-29-31-14-12-27(34-29)24-5-3-13-30-20-24/h2-3,5-14,19-20H,4,15-18,21H2,1H3,(H,32,37)(H,31,33,34). The first-order valence-electron chi connectivity index (χ1n) is 12.5. The molecule has 1 fully saturated rings. The molecule has 0 atom stereocenters. The highest BCUT2D eigenvalue weighted by molar-refractivity contribution is 6.04. The molecular weight excluding hydrogens is 462 g/mol. The summed E-state index contributed by atoms with van der Waals surface area (Å²) in [5, 5.41) is 6.21. The molecule has 3 heterocycles. The first kappa shape index (κ1) is 24.5. The van der Waals surface area contributed by atoms with Gasteiger partial charge in [0.1, 0.15) is 0 Å². The molecule has 1 aliphatic rings. The van der Waals surface area contributed by atoms with E-state index in [0.29, 0.717) is 17.2 Å². The van der Waals surface area contributed by atoms with Crippen molar-refractivity contribution in [1.29, 1.82) is 0 Å². The van der Waals surface area contributed by atoms with E-state index in [2.05, 4.69) is 42.4 Å². The Bertz CT molecular complexity index is 1330. The monoisotopic (exact) mass is 493 g/mol. The molecule has 1 amide bonds. The second-order valence-corrected chi connectivity index (χ2v) is 9.30. The Morgan fingerprint density at radius 1 is 0.919 bits per heavy atom. The van der Waals surface area contributed by atoms with Crippen LogP contribution in [0.15, 0.2) is 85.3 Å². The fourth-order valence-corrected chi connectivity index (χ4v) is 4.38. The average Bonchev–Trinajstić information content (AvgIpc) is 3.13. The van der Waals surface area contributed by atoms with Crippen LogP contribution < -0.4 is 10.6 Å². The van der Waals surface area contributed by atoms with Crippen molar-refractivity contribution in [3.05, 3.63) is 96.4 Å². The number of aromatic nitrogens is 3. The van der Waals surface area contributed by atoms with E-state index >= 15 is 0 Å². The highest BCUT2D eigenvalue weighted by atomic mass is 16.1. The Kier molecular flexibility index (Phi) is 7.78. The molecule has 4 aromatic rings. The number of pyridine rings is 1. The van der Waals surface area contributed by atoms with Gasteiger partial charge in [0, 0.05) is 60.7 Å². The van der Waals surface area contributed by atoms with Gasteiger partial charge in [0.25, 0.3) is 5.91 Å². The summed E-state index contributed by atoms with van der Waals surface area (Å²) < 4.78 is 0. The van der Waals surface area contributed by atoms with Crippen LogP contribution in [0.5, 0.6) is 0 Å². The third-order valence-corrected chi connectivity index (χ3v) is 6.42. The number of carbonyl (C=O) groups excluding carboxylic acids is 1. The van der Waals surface area contributed by atoms with Crippen LogP contribution in [-0.4, -0.2) is 63.9 Å². The Balaban J connectivity index is 1.20. The topological polar surface area (TPSA) is 86.3 Å². The van der Waals surface area contributed by atoms with Crippen molar-refractivity contribution in [2.45, 2.75) is 13.0 Å². The van der Waals surface area contributed by atoms with Gasteiger partial charge in [-0.3, -0.25) is 14.7 Å². The molecule has 1 aliphatic heterocycles. The van der Waals surface area contributed by atoms with Gasteiger partial charge < -0.3 is 15.5 Å². The average molecular weight is 494 g/mol. The number of benzene rings is 2. The number of nitrogens with zero attached hydrogens (tertiary/aromatic N) is 5. The quantitative estimate of drug-likeness (QED) is 0.387. The van der Waals surface area contributed by atoms with Gasteiger partial charge in [-0.05, 0) is 80.7 Å². The van der Waals surface area contributed by atoms with Gasteiger partial charge in [0.2, 0.25) is 5.95 Å². The van der Waals surface area contributed by atoms with Crippen LogP contribution in [0.25, 0.3) is 11.3 Å². The normalized spacial score (nSPS) is 14.6. The predicted octanol–water partition coefficient (Wildman–Crippen LogP) is 4.67. The van der Waals surface area contributed by atoms with Gasteiger partial charge in [-0.25, -0.2) is 9.97 Å². The van der Waals surface area contributed by atoms with E-state index in [0.717, 1.165) is 49.7 Å². The van der Waals surface area contributed by atoms with Crippen LogP contribution in [-0.2, 0) is 6.54 Å². The summed E-state index contributed by atoms with van der Waals surface area (Å²) in [4.78, 5) is 30.8. The summed E-state index contributed by atoms with van der Waals surface area (Å²) >= 11 is 0. The second-order valence-electron chi connectivity index (χ2n) is 9.30. The lowest BCUT2D eigenvalue weighted by atomic mass is 10.1. The predicted molar refractivity (Wildman–Crippen MR) is 147 cm³/mol. The van der Waals surface area contributed by atoms with Crippen molar-refractivity contribution in [1.82, 2.24) is 24.8 Å². The van der Waals surface area contributed by atoms with E-state index in [-0.39, 0.29) is 5.91 Å². The van der Waals surface area contributed by atoms with Crippen molar-refractivity contribution in [3.63, 3.8) is 0 Å². The van der Waals surface area contributed by atoms with E-state index < -0.39 is 0 Å². The number of rotatable bonds is 7. The van der Waals surface area contributed by atoms with Gasteiger partial charge in [0.15, 0.2) is 0 Å². The van der Waals surface area contributed by atoms with Crippen molar-refractivity contribution in [2.75, 3.05) is 43.9 Å². The smallest absolute Gasteiger partial charge is 0.255 e. The molecule has 8 nitrogen and oxygen atoms in total. The molecule has 1 saturated heterocycles. The Morgan fingerprint density at radius 2 is 1.78 bits per heavy atom. The number of hydrogen-bond acceptors (Lipinski definition) is 7. The summed E-state index contributed by atoms with van der Waals surface area (Å²) in [6.45, 7) is 5.33. The molecule has 8 heteroatoms. The van der Waals surface area contributed by atoms with E-state index in [1.54, 1.807) is 18.6 Å². The van der Waals surface area contributed by atoms with Crippen molar-refractivity contribution in [2.24, 2.45) is 0 Å². The van der Waals surface area contributed by atoms with Crippen LogP contribution in [0, 0.1) is 0 Å². The number of carbonyl (C=O) groups is 1. The van der Waals surface area contributed by atoms with Crippen molar-refractivity contribution >= 4 is 23.2 Å². The van der Waals surface area contributed by atoms with E-state index in [1.807, 2.05) is 66.7 Å². The van der Waals surface area contributed by atoms with Gasteiger partial charge in [-0.1, -0.05) is 18.2 Å². The maximum absolute atomic E-state index is 12.9. The van der Waals surface area contributed by atoms with Crippen molar-refractivity contribution in [3.8, 4) is 11.3 Å². The molecule has 2 aromatic heterocycles. The third kappa shape index (κ3) is 6.75. The molecule has 0 aliphatic carbocycles. The van der Waals surface area contributed by atoms with Gasteiger partial charge >= 0.3 is 0 Å². The minimum atomic E-state index is -0.144. The zero-order chi connectivity index (χ0) is 25.5. The third-order valence-electron chi connectivity index (χ3n) is 6.42. The lowest BCUT2D eigenvalue weighted by molar-refractivity contribution is 0.102. The summed E-state index contributed by atoms with van der Waals surface area (Å²) in [7, 11) is 2.18. The molecule has 0 saturated carbocycles. The molecule has 0 radical (unpaired) electrons. The van der Waals surface area contributed by atoms with Crippen LogP contribution >= 0.6 is 0 Å². The van der Waals surface area contributed by atoms with Gasteiger partial charge in [-0.2, -0.15) is 0 Å². The molecule has 188 valence electrons. The molecular formula is C29H31N7O. The van der Waals surface area contributed by atoms with E-state index in [4.69, 9.17) is 0 Å². The molecule has 0 spiro atoms. The number of likely N-dealkylation sites (N-methyl/N-ethyl adjacent to an activating group) is 1. The highest BCUT2D eigenvalue weighted by Gasteiger charge is 2.13. The van der Waals surface area contributed by atoms with Crippen LogP contribution in [0.2, 0.25) is 0 Å². The Morgan fingerprint density at radius 3 is 2.62 bits per heavy atom. The summed E-state index contributed by atoms with van der Waals surface area (Å²) in [6.07, 6.45) is 6.39. The van der Waals surface area contributed by atoms with Crippen molar-refractivity contribution < 1.29 is 4.79 Å². The summed E-state index contributed by atoms with van der Waals surface area (Å²) in [6, 6.07) is 21.1. The first-order chi connectivity index (χ1) is 18.1. The first-order valence-corrected chi connectivity index (χ1v) is 12.5. The highest BCUT2D eigenvalue weighted by Crippen LogP contribution is 2.21. The van der Waals surface area contributed by atoms with Crippen LogP contribution in [0.1, 0.15) is 22.3 Å². The Hall–Kier alpha value is -4.14. The zero-order valence-electron chi connectivity index (χ0n) is 21.0. The summed E-state index contributed by atoms with van der Waals surface area (Å²) in [5.41, 5.74) is 5.02. The lowest BCUT2D eigenvalue weighted by Gasteiger charge is -2.20. The molecule has 2 aromatic carbocycles. The van der Waals surface area contributed by atoms with E-state index in [9.17, 15) is 4.79 Å². The number of amides is 1. The molecule has 5 rings (SSSR count). The molecule has 2 N–H and O–H groups in total.